The highest BCUT2D eigenvalue weighted by Gasteiger charge is 2.06. The lowest BCUT2D eigenvalue weighted by Gasteiger charge is -2.11. The van der Waals surface area contributed by atoms with Gasteiger partial charge in [-0.3, -0.25) is 4.99 Å². The number of hydrogen-bond donors (Lipinski definition) is 0. The number of rotatable bonds is 2. The van der Waals surface area contributed by atoms with E-state index in [1.807, 2.05) is 26.8 Å². The topological polar surface area (TPSA) is 12.4 Å². The van der Waals surface area contributed by atoms with Crippen LogP contribution < -0.4 is 0 Å². The summed E-state index contributed by atoms with van der Waals surface area (Å²) in [5.74, 6) is 0. The van der Waals surface area contributed by atoms with Crippen LogP contribution in [0.3, 0.4) is 0 Å². The van der Waals surface area contributed by atoms with E-state index in [2.05, 4.69) is 11.6 Å². The molecule has 0 aliphatic heterocycles. The SMILES string of the molecule is C=CC(C)(C)N=CC. The van der Waals surface area contributed by atoms with Gasteiger partial charge in [-0.1, -0.05) is 6.08 Å². The summed E-state index contributed by atoms with van der Waals surface area (Å²) in [4.78, 5) is 4.13. The Bertz CT molecular complexity index is 101. The van der Waals surface area contributed by atoms with Crippen molar-refractivity contribution in [3.05, 3.63) is 12.7 Å². The van der Waals surface area contributed by atoms with Gasteiger partial charge in [0.1, 0.15) is 0 Å². The summed E-state index contributed by atoms with van der Waals surface area (Å²) in [5.41, 5.74) is -0.0747. The van der Waals surface area contributed by atoms with Crippen LogP contribution in [-0.4, -0.2) is 11.8 Å². The predicted octanol–water partition coefficient (Wildman–Crippen LogP) is 2.04. The number of nitrogens with zero attached hydrogens (tertiary/aromatic N) is 1. The molecule has 0 fully saturated rings. The Hall–Kier alpha value is -0.590. The van der Waals surface area contributed by atoms with Crippen molar-refractivity contribution < 1.29 is 0 Å². The van der Waals surface area contributed by atoms with E-state index < -0.39 is 0 Å². The molecule has 0 aromatic carbocycles. The molecule has 0 aromatic heterocycles. The van der Waals surface area contributed by atoms with Crippen LogP contribution in [0.5, 0.6) is 0 Å². The summed E-state index contributed by atoms with van der Waals surface area (Å²) in [7, 11) is 0. The zero-order valence-corrected chi connectivity index (χ0v) is 5.81. The van der Waals surface area contributed by atoms with Crippen LogP contribution in [0.15, 0.2) is 17.6 Å². The highest BCUT2D eigenvalue weighted by Crippen LogP contribution is 2.07. The minimum atomic E-state index is -0.0747. The molecule has 0 atom stereocenters. The molecule has 8 heavy (non-hydrogen) atoms. The molecule has 0 bridgehead atoms. The van der Waals surface area contributed by atoms with Gasteiger partial charge in [0.05, 0.1) is 5.54 Å². The van der Waals surface area contributed by atoms with E-state index in [-0.39, 0.29) is 5.54 Å². The molecule has 0 amide bonds. The van der Waals surface area contributed by atoms with Crippen LogP contribution >= 0.6 is 0 Å². The van der Waals surface area contributed by atoms with Gasteiger partial charge in [-0.2, -0.15) is 0 Å². The minimum absolute atomic E-state index is 0.0747. The van der Waals surface area contributed by atoms with E-state index in [0.717, 1.165) is 0 Å². The molecular weight excluding hydrogens is 98.1 g/mol. The fourth-order valence-corrected chi connectivity index (χ4v) is 0.385. The maximum Gasteiger partial charge on any atom is 0.0724 e. The van der Waals surface area contributed by atoms with Crippen molar-refractivity contribution >= 4 is 6.21 Å². The van der Waals surface area contributed by atoms with Crippen molar-refractivity contribution in [2.75, 3.05) is 0 Å². The van der Waals surface area contributed by atoms with Crippen molar-refractivity contribution in [1.29, 1.82) is 0 Å². The van der Waals surface area contributed by atoms with E-state index >= 15 is 0 Å². The number of aliphatic imine (C=N–C) groups is 1. The molecule has 0 aliphatic carbocycles. The second-order valence-electron chi connectivity index (χ2n) is 2.25. The van der Waals surface area contributed by atoms with E-state index in [0.29, 0.717) is 0 Å². The van der Waals surface area contributed by atoms with Crippen LogP contribution in [-0.2, 0) is 0 Å². The molecule has 46 valence electrons. The van der Waals surface area contributed by atoms with E-state index in [1.165, 1.54) is 0 Å². The highest BCUT2D eigenvalue weighted by atomic mass is 14.8. The maximum absolute atomic E-state index is 4.13. The van der Waals surface area contributed by atoms with Crippen LogP contribution in [0.4, 0.5) is 0 Å². The average Bonchev–Trinajstić information content (AvgIpc) is 1.67. The zero-order valence-electron chi connectivity index (χ0n) is 5.81. The monoisotopic (exact) mass is 111 g/mol. The van der Waals surface area contributed by atoms with Crippen molar-refractivity contribution in [3.63, 3.8) is 0 Å². The van der Waals surface area contributed by atoms with Gasteiger partial charge in [-0.05, 0) is 27.0 Å². The van der Waals surface area contributed by atoms with E-state index in [9.17, 15) is 0 Å². The molecule has 1 nitrogen and oxygen atoms in total. The molecule has 0 heterocycles. The zero-order chi connectivity index (χ0) is 6.62. The van der Waals surface area contributed by atoms with Gasteiger partial charge in [-0.15, -0.1) is 6.58 Å². The van der Waals surface area contributed by atoms with Crippen LogP contribution in [0, 0.1) is 0 Å². The first-order valence-electron chi connectivity index (χ1n) is 2.76. The lowest BCUT2D eigenvalue weighted by molar-refractivity contribution is 0.662. The van der Waals surface area contributed by atoms with Gasteiger partial charge in [-0.25, -0.2) is 0 Å². The first-order valence-corrected chi connectivity index (χ1v) is 2.76. The molecule has 0 rings (SSSR count). The summed E-state index contributed by atoms with van der Waals surface area (Å²) < 4.78 is 0. The summed E-state index contributed by atoms with van der Waals surface area (Å²) in [6.07, 6.45) is 3.62. The third-order valence-corrected chi connectivity index (χ3v) is 0.961. The lowest BCUT2D eigenvalue weighted by Crippen LogP contribution is -2.10. The van der Waals surface area contributed by atoms with E-state index in [1.54, 1.807) is 6.21 Å². The van der Waals surface area contributed by atoms with Crippen molar-refractivity contribution in [3.8, 4) is 0 Å². The third kappa shape index (κ3) is 2.56. The Morgan fingerprint density at radius 1 is 1.50 bits per heavy atom. The lowest BCUT2D eigenvalue weighted by atomic mass is 10.1. The molecule has 0 radical (unpaired) electrons. The smallest absolute Gasteiger partial charge is 0.0724 e. The van der Waals surface area contributed by atoms with Gasteiger partial charge in [0.2, 0.25) is 0 Å². The van der Waals surface area contributed by atoms with Gasteiger partial charge in [0.15, 0.2) is 0 Å². The standard InChI is InChI=1S/C7H13N/c1-5-7(3,4)8-6-2/h5-6H,1H2,2-4H3. The van der Waals surface area contributed by atoms with E-state index in [4.69, 9.17) is 0 Å². The van der Waals surface area contributed by atoms with Gasteiger partial charge in [0, 0.05) is 0 Å². The Balaban J connectivity index is 3.90. The molecule has 0 saturated carbocycles. The summed E-state index contributed by atoms with van der Waals surface area (Å²) in [6, 6.07) is 0. The second-order valence-corrected chi connectivity index (χ2v) is 2.25. The Kier molecular flexibility index (Phi) is 2.46. The fraction of sp³-hybridized carbons (Fsp3) is 0.571. The van der Waals surface area contributed by atoms with Crippen LogP contribution in [0.1, 0.15) is 20.8 Å². The molecule has 0 aliphatic rings. The van der Waals surface area contributed by atoms with Crippen LogP contribution in [0.25, 0.3) is 0 Å². The summed E-state index contributed by atoms with van der Waals surface area (Å²) in [5, 5.41) is 0. The second kappa shape index (κ2) is 2.65. The molecule has 0 spiro atoms. The average molecular weight is 111 g/mol. The Morgan fingerprint density at radius 2 is 2.00 bits per heavy atom. The third-order valence-electron chi connectivity index (χ3n) is 0.961. The maximum atomic E-state index is 4.13. The Morgan fingerprint density at radius 3 is 2.12 bits per heavy atom. The van der Waals surface area contributed by atoms with Gasteiger partial charge < -0.3 is 0 Å². The highest BCUT2D eigenvalue weighted by molar-refractivity contribution is 5.54. The predicted molar refractivity (Wildman–Crippen MR) is 38.4 cm³/mol. The van der Waals surface area contributed by atoms with Crippen molar-refractivity contribution in [2.24, 2.45) is 4.99 Å². The molecule has 1 heteroatoms. The van der Waals surface area contributed by atoms with Crippen molar-refractivity contribution in [1.82, 2.24) is 0 Å². The fourth-order valence-electron chi connectivity index (χ4n) is 0.385. The number of hydrogen-bond acceptors (Lipinski definition) is 1. The van der Waals surface area contributed by atoms with Crippen molar-refractivity contribution in [2.45, 2.75) is 26.3 Å². The molecule has 0 aromatic rings. The summed E-state index contributed by atoms with van der Waals surface area (Å²) in [6.45, 7) is 9.57. The first kappa shape index (κ1) is 7.41. The minimum Gasteiger partial charge on any atom is -0.288 e. The van der Waals surface area contributed by atoms with Crippen LogP contribution in [0.2, 0.25) is 0 Å². The normalized spacial score (nSPS) is 12.4. The molecule has 0 unspecified atom stereocenters. The largest absolute Gasteiger partial charge is 0.288 e. The molecule has 0 saturated heterocycles. The quantitative estimate of drug-likeness (QED) is 0.382. The van der Waals surface area contributed by atoms with Gasteiger partial charge >= 0.3 is 0 Å². The Labute approximate surface area is 51.1 Å². The van der Waals surface area contributed by atoms with Gasteiger partial charge in [0.25, 0.3) is 0 Å². The molecular formula is C7H13N. The molecule has 0 N–H and O–H groups in total. The summed E-state index contributed by atoms with van der Waals surface area (Å²) >= 11 is 0. The first-order chi connectivity index (χ1) is 3.62.